The number of aldehydes is 1. The molecular formula is C21H30O. The molecule has 120 valence electrons. The summed E-state index contributed by atoms with van der Waals surface area (Å²) >= 11 is 0. The van der Waals surface area contributed by atoms with Gasteiger partial charge >= 0.3 is 0 Å². The minimum absolute atomic E-state index is 0.171. The fraction of sp³-hybridized carbons (Fsp3) is 0.762. The molecule has 4 aliphatic rings. The molecule has 0 saturated heterocycles. The normalized spacial score (nSPS) is 50.3. The predicted molar refractivity (Wildman–Crippen MR) is 90.4 cm³/mol. The first-order valence-electron chi connectivity index (χ1n) is 9.35. The molecule has 0 aromatic heterocycles. The maximum absolute atomic E-state index is 11.3. The average molecular weight is 298 g/mol. The first-order chi connectivity index (χ1) is 10.5. The molecule has 0 unspecified atom stereocenters. The zero-order valence-corrected chi connectivity index (χ0v) is 14.4. The Hall–Kier alpha value is -0.850. The molecule has 6 atom stereocenters. The van der Waals surface area contributed by atoms with E-state index in [4.69, 9.17) is 0 Å². The smallest absolute Gasteiger partial charge is 0.146 e. The molecule has 0 spiro atoms. The Morgan fingerprint density at radius 2 is 1.95 bits per heavy atom. The molecule has 4 rings (SSSR count). The molecule has 1 heteroatoms. The summed E-state index contributed by atoms with van der Waals surface area (Å²) in [6.07, 6.45) is 15.0. The van der Waals surface area contributed by atoms with E-state index in [1.807, 2.05) is 0 Å². The van der Waals surface area contributed by atoms with Gasteiger partial charge in [0.05, 0.1) is 0 Å². The average Bonchev–Trinajstić information content (AvgIpc) is 2.81. The molecular weight excluding hydrogens is 268 g/mol. The minimum Gasteiger partial charge on any atom is -0.298 e. The lowest BCUT2D eigenvalue weighted by molar-refractivity contribution is -0.105. The summed E-state index contributed by atoms with van der Waals surface area (Å²) in [6, 6.07) is 0. The van der Waals surface area contributed by atoms with Crippen molar-refractivity contribution in [3.8, 4) is 0 Å². The SMILES string of the molecule is C[C@@H]1CC[C@H]2[C@@H]3CCC4=CCC(C=O)=C[C@]4(C)[C@H]3CC[C@]12C. The van der Waals surface area contributed by atoms with Crippen LogP contribution in [-0.4, -0.2) is 6.29 Å². The van der Waals surface area contributed by atoms with Gasteiger partial charge in [-0.3, -0.25) is 4.79 Å². The zero-order valence-electron chi connectivity index (χ0n) is 14.4. The van der Waals surface area contributed by atoms with Crippen LogP contribution in [0.2, 0.25) is 0 Å². The quantitative estimate of drug-likeness (QED) is 0.473. The maximum Gasteiger partial charge on any atom is 0.146 e. The van der Waals surface area contributed by atoms with E-state index in [0.29, 0.717) is 5.41 Å². The van der Waals surface area contributed by atoms with Crippen LogP contribution in [0.1, 0.15) is 65.7 Å². The van der Waals surface area contributed by atoms with E-state index in [1.165, 1.54) is 38.5 Å². The number of rotatable bonds is 1. The fourth-order valence-electron chi connectivity index (χ4n) is 6.82. The number of hydrogen-bond donors (Lipinski definition) is 0. The van der Waals surface area contributed by atoms with Gasteiger partial charge in [-0.05, 0) is 79.6 Å². The number of carbonyl (C=O) groups is 1. The third kappa shape index (κ3) is 1.80. The molecule has 0 bridgehead atoms. The lowest BCUT2D eigenvalue weighted by atomic mass is 9.47. The molecule has 0 amide bonds. The number of fused-ring (bicyclic) bond motifs is 5. The van der Waals surface area contributed by atoms with E-state index in [9.17, 15) is 4.79 Å². The van der Waals surface area contributed by atoms with Crippen molar-refractivity contribution in [2.24, 2.45) is 34.5 Å². The summed E-state index contributed by atoms with van der Waals surface area (Å²) in [5, 5.41) is 0. The summed E-state index contributed by atoms with van der Waals surface area (Å²) in [4.78, 5) is 11.3. The van der Waals surface area contributed by atoms with Crippen LogP contribution in [0.3, 0.4) is 0 Å². The molecule has 1 nitrogen and oxygen atoms in total. The molecule has 4 aliphatic carbocycles. The molecule has 3 saturated carbocycles. The van der Waals surface area contributed by atoms with Crippen molar-refractivity contribution in [1.29, 1.82) is 0 Å². The van der Waals surface area contributed by atoms with Crippen molar-refractivity contribution in [1.82, 2.24) is 0 Å². The standard InChI is InChI=1S/C21H30O/c1-14-4-9-18-17-8-7-16-6-5-15(13-22)12-21(16,3)19(17)10-11-20(14,18)2/h6,12-14,17-19H,4-5,7-11H2,1-3H3/t14-,17+,18+,19+,20-,21+/m1/s1. The van der Waals surface area contributed by atoms with Gasteiger partial charge in [-0.1, -0.05) is 38.5 Å². The Morgan fingerprint density at radius 3 is 2.73 bits per heavy atom. The lowest BCUT2D eigenvalue weighted by Crippen LogP contribution is -2.49. The lowest BCUT2D eigenvalue weighted by Gasteiger charge is -2.57. The van der Waals surface area contributed by atoms with Gasteiger partial charge in [0.2, 0.25) is 0 Å². The number of allylic oxidation sites excluding steroid dienone is 4. The second kappa shape index (κ2) is 4.82. The Bertz CT molecular complexity index is 556. The van der Waals surface area contributed by atoms with Crippen LogP contribution < -0.4 is 0 Å². The second-order valence-electron chi connectivity index (χ2n) is 8.99. The van der Waals surface area contributed by atoms with E-state index in [-0.39, 0.29) is 5.41 Å². The van der Waals surface area contributed by atoms with E-state index < -0.39 is 0 Å². The summed E-state index contributed by atoms with van der Waals surface area (Å²) in [6.45, 7) is 7.49. The van der Waals surface area contributed by atoms with E-state index >= 15 is 0 Å². The zero-order chi connectivity index (χ0) is 15.5. The molecule has 3 fully saturated rings. The van der Waals surface area contributed by atoms with Gasteiger partial charge < -0.3 is 0 Å². The fourth-order valence-corrected chi connectivity index (χ4v) is 6.82. The summed E-state index contributed by atoms with van der Waals surface area (Å²) in [5.41, 5.74) is 3.41. The predicted octanol–water partition coefficient (Wildman–Crippen LogP) is 5.32. The Labute approximate surface area is 135 Å². The monoisotopic (exact) mass is 298 g/mol. The van der Waals surface area contributed by atoms with Gasteiger partial charge in [-0.2, -0.15) is 0 Å². The van der Waals surface area contributed by atoms with Gasteiger partial charge in [0.1, 0.15) is 6.29 Å². The molecule has 0 heterocycles. The van der Waals surface area contributed by atoms with Crippen LogP contribution in [0.5, 0.6) is 0 Å². The summed E-state index contributed by atoms with van der Waals surface area (Å²) in [5.74, 6) is 3.48. The van der Waals surface area contributed by atoms with E-state index in [0.717, 1.165) is 42.0 Å². The van der Waals surface area contributed by atoms with E-state index in [1.54, 1.807) is 5.57 Å². The molecule has 0 radical (unpaired) electrons. The highest BCUT2D eigenvalue weighted by Crippen LogP contribution is 2.66. The Kier molecular flexibility index (Phi) is 3.23. The maximum atomic E-state index is 11.3. The third-order valence-electron chi connectivity index (χ3n) is 8.34. The Morgan fingerprint density at radius 1 is 1.14 bits per heavy atom. The molecule has 22 heavy (non-hydrogen) atoms. The van der Waals surface area contributed by atoms with Gasteiger partial charge in [-0.25, -0.2) is 0 Å². The van der Waals surface area contributed by atoms with Crippen LogP contribution in [-0.2, 0) is 4.79 Å². The number of hydrogen-bond acceptors (Lipinski definition) is 1. The Balaban J connectivity index is 1.71. The van der Waals surface area contributed by atoms with Gasteiger partial charge in [0.25, 0.3) is 0 Å². The van der Waals surface area contributed by atoms with Gasteiger partial charge in [0, 0.05) is 5.41 Å². The largest absolute Gasteiger partial charge is 0.298 e. The van der Waals surface area contributed by atoms with Crippen molar-refractivity contribution in [2.75, 3.05) is 0 Å². The van der Waals surface area contributed by atoms with Crippen molar-refractivity contribution in [2.45, 2.75) is 65.7 Å². The second-order valence-corrected chi connectivity index (χ2v) is 8.99. The highest BCUT2D eigenvalue weighted by Gasteiger charge is 2.57. The van der Waals surface area contributed by atoms with Crippen molar-refractivity contribution < 1.29 is 4.79 Å². The van der Waals surface area contributed by atoms with Crippen LogP contribution >= 0.6 is 0 Å². The minimum atomic E-state index is 0.171. The third-order valence-corrected chi connectivity index (χ3v) is 8.34. The topological polar surface area (TPSA) is 17.1 Å². The first kappa shape index (κ1) is 14.7. The van der Waals surface area contributed by atoms with Crippen LogP contribution in [0, 0.1) is 34.5 Å². The molecule has 0 N–H and O–H groups in total. The van der Waals surface area contributed by atoms with Crippen molar-refractivity contribution in [3.63, 3.8) is 0 Å². The first-order valence-corrected chi connectivity index (χ1v) is 9.35. The van der Waals surface area contributed by atoms with Crippen LogP contribution in [0.4, 0.5) is 0 Å². The van der Waals surface area contributed by atoms with Crippen LogP contribution in [0.15, 0.2) is 23.3 Å². The van der Waals surface area contributed by atoms with Crippen LogP contribution in [0.25, 0.3) is 0 Å². The number of carbonyl (C=O) groups excluding carboxylic acids is 1. The van der Waals surface area contributed by atoms with Crippen molar-refractivity contribution >= 4 is 6.29 Å². The molecule has 0 aromatic rings. The van der Waals surface area contributed by atoms with Crippen molar-refractivity contribution in [3.05, 3.63) is 23.3 Å². The molecule has 0 aromatic carbocycles. The van der Waals surface area contributed by atoms with Gasteiger partial charge in [-0.15, -0.1) is 0 Å². The highest BCUT2D eigenvalue weighted by molar-refractivity contribution is 5.75. The highest BCUT2D eigenvalue weighted by atomic mass is 16.1. The molecule has 0 aliphatic heterocycles. The van der Waals surface area contributed by atoms with Gasteiger partial charge in [0.15, 0.2) is 0 Å². The summed E-state index contributed by atoms with van der Waals surface area (Å²) < 4.78 is 0. The van der Waals surface area contributed by atoms with E-state index in [2.05, 4.69) is 32.9 Å². The summed E-state index contributed by atoms with van der Waals surface area (Å²) in [7, 11) is 0.